The first-order valence-corrected chi connectivity index (χ1v) is 7.15. The van der Waals surface area contributed by atoms with Crippen LogP contribution in [0, 0.1) is 13.8 Å². The van der Waals surface area contributed by atoms with Gasteiger partial charge in [-0.2, -0.15) is 0 Å². The van der Waals surface area contributed by atoms with Gasteiger partial charge in [0.1, 0.15) is 12.3 Å². The van der Waals surface area contributed by atoms with Crippen LogP contribution in [0.1, 0.15) is 34.4 Å². The van der Waals surface area contributed by atoms with Gasteiger partial charge in [-0.05, 0) is 39.0 Å². The van der Waals surface area contributed by atoms with E-state index in [9.17, 15) is 9.59 Å². The molecule has 1 N–H and O–H groups in total. The van der Waals surface area contributed by atoms with Crippen molar-refractivity contribution in [2.75, 3.05) is 6.61 Å². The molecule has 2 rings (SSSR count). The van der Waals surface area contributed by atoms with Crippen LogP contribution in [0.4, 0.5) is 0 Å². The number of aromatic nitrogens is 1. The molecule has 6 heteroatoms. The molecule has 0 fully saturated rings. The van der Waals surface area contributed by atoms with E-state index in [0.717, 1.165) is 11.4 Å². The molecule has 0 saturated heterocycles. The van der Waals surface area contributed by atoms with Crippen LogP contribution in [0.25, 0.3) is 0 Å². The molecule has 0 unspecified atom stereocenters. The van der Waals surface area contributed by atoms with Crippen LogP contribution in [0.5, 0.6) is 0 Å². The molecule has 2 heterocycles. The summed E-state index contributed by atoms with van der Waals surface area (Å²) >= 11 is 0. The molecule has 0 radical (unpaired) electrons. The first-order chi connectivity index (χ1) is 10.5. The maximum atomic E-state index is 12.0. The zero-order chi connectivity index (χ0) is 16.1. The maximum Gasteiger partial charge on any atom is 0.339 e. The summed E-state index contributed by atoms with van der Waals surface area (Å²) in [7, 11) is 0. The SMILES string of the molecule is CCOC(=O)c1cc(C)n(CC(=O)NCc2ccco2)c1C. The van der Waals surface area contributed by atoms with Crippen molar-refractivity contribution in [2.45, 2.75) is 33.9 Å². The van der Waals surface area contributed by atoms with Crippen molar-refractivity contribution in [1.82, 2.24) is 9.88 Å². The number of amides is 1. The van der Waals surface area contributed by atoms with Crippen molar-refractivity contribution < 1.29 is 18.7 Å². The van der Waals surface area contributed by atoms with E-state index in [-0.39, 0.29) is 18.4 Å². The van der Waals surface area contributed by atoms with Gasteiger partial charge in [-0.15, -0.1) is 0 Å². The van der Waals surface area contributed by atoms with E-state index in [1.807, 2.05) is 6.92 Å². The van der Waals surface area contributed by atoms with Gasteiger partial charge >= 0.3 is 5.97 Å². The van der Waals surface area contributed by atoms with Gasteiger partial charge in [0, 0.05) is 11.4 Å². The zero-order valence-electron chi connectivity index (χ0n) is 13.0. The summed E-state index contributed by atoms with van der Waals surface area (Å²) in [6, 6.07) is 5.31. The number of carbonyl (C=O) groups is 2. The van der Waals surface area contributed by atoms with E-state index in [4.69, 9.17) is 9.15 Å². The number of rotatable bonds is 6. The predicted molar refractivity (Wildman–Crippen MR) is 80.4 cm³/mol. The summed E-state index contributed by atoms with van der Waals surface area (Å²) in [5, 5.41) is 2.78. The Balaban J connectivity index is 2.02. The van der Waals surface area contributed by atoms with Crippen LogP contribution in [0.15, 0.2) is 28.9 Å². The molecule has 0 bridgehead atoms. The molecule has 0 atom stereocenters. The Morgan fingerprint density at radius 1 is 1.36 bits per heavy atom. The summed E-state index contributed by atoms with van der Waals surface area (Å²) in [5.74, 6) is 0.188. The Kier molecular flexibility index (Phi) is 5.04. The van der Waals surface area contributed by atoms with Crippen LogP contribution >= 0.6 is 0 Å². The number of furan rings is 1. The van der Waals surface area contributed by atoms with Gasteiger partial charge < -0.3 is 19.0 Å². The Morgan fingerprint density at radius 3 is 2.77 bits per heavy atom. The molecule has 0 aromatic carbocycles. The Labute approximate surface area is 129 Å². The summed E-state index contributed by atoms with van der Waals surface area (Å²) in [6.07, 6.45) is 1.56. The molecule has 0 saturated carbocycles. The van der Waals surface area contributed by atoms with Gasteiger partial charge in [-0.3, -0.25) is 4.79 Å². The van der Waals surface area contributed by atoms with E-state index in [1.165, 1.54) is 0 Å². The first kappa shape index (κ1) is 15.9. The highest BCUT2D eigenvalue weighted by Crippen LogP contribution is 2.16. The zero-order valence-corrected chi connectivity index (χ0v) is 13.0. The summed E-state index contributed by atoms with van der Waals surface area (Å²) < 4.78 is 12.0. The monoisotopic (exact) mass is 304 g/mol. The fourth-order valence-corrected chi connectivity index (χ4v) is 2.26. The highest BCUT2D eigenvalue weighted by atomic mass is 16.5. The number of hydrogen-bond donors (Lipinski definition) is 1. The van der Waals surface area contributed by atoms with E-state index in [1.54, 1.807) is 42.9 Å². The molecular weight excluding hydrogens is 284 g/mol. The summed E-state index contributed by atoms with van der Waals surface area (Å²) in [5.41, 5.74) is 2.07. The second-order valence-corrected chi connectivity index (χ2v) is 4.95. The summed E-state index contributed by atoms with van der Waals surface area (Å²) in [6.45, 7) is 6.24. The van der Waals surface area contributed by atoms with Gasteiger partial charge in [0.15, 0.2) is 0 Å². The first-order valence-electron chi connectivity index (χ1n) is 7.15. The lowest BCUT2D eigenvalue weighted by atomic mass is 10.2. The Morgan fingerprint density at radius 2 is 2.14 bits per heavy atom. The maximum absolute atomic E-state index is 12.0. The number of nitrogens with zero attached hydrogens (tertiary/aromatic N) is 1. The average molecular weight is 304 g/mol. The molecule has 2 aromatic heterocycles. The summed E-state index contributed by atoms with van der Waals surface area (Å²) in [4.78, 5) is 23.9. The van der Waals surface area contributed by atoms with Crippen LogP contribution in [-0.2, 0) is 22.6 Å². The molecule has 0 aliphatic carbocycles. The van der Waals surface area contributed by atoms with Gasteiger partial charge in [-0.1, -0.05) is 0 Å². The van der Waals surface area contributed by atoms with Crippen molar-refractivity contribution in [3.05, 3.63) is 47.2 Å². The number of esters is 1. The fourth-order valence-electron chi connectivity index (χ4n) is 2.26. The minimum Gasteiger partial charge on any atom is -0.467 e. The molecule has 0 aliphatic heterocycles. The molecule has 6 nitrogen and oxygen atoms in total. The quantitative estimate of drug-likeness (QED) is 0.830. The number of aryl methyl sites for hydroxylation is 1. The molecule has 1 amide bonds. The van der Waals surface area contributed by atoms with Crippen molar-refractivity contribution in [1.29, 1.82) is 0 Å². The van der Waals surface area contributed by atoms with Gasteiger partial charge in [0.05, 0.1) is 25.0 Å². The normalized spacial score (nSPS) is 10.5. The fraction of sp³-hybridized carbons (Fsp3) is 0.375. The second kappa shape index (κ2) is 6.98. The van der Waals surface area contributed by atoms with E-state index in [0.29, 0.717) is 24.5 Å². The molecule has 22 heavy (non-hydrogen) atoms. The highest BCUT2D eigenvalue weighted by Gasteiger charge is 2.18. The van der Waals surface area contributed by atoms with E-state index >= 15 is 0 Å². The molecule has 118 valence electrons. The molecular formula is C16H20N2O4. The number of hydrogen-bond acceptors (Lipinski definition) is 4. The van der Waals surface area contributed by atoms with Crippen molar-refractivity contribution in [3.8, 4) is 0 Å². The Hall–Kier alpha value is -2.50. The van der Waals surface area contributed by atoms with Crippen molar-refractivity contribution in [2.24, 2.45) is 0 Å². The number of carbonyl (C=O) groups excluding carboxylic acids is 2. The van der Waals surface area contributed by atoms with Crippen molar-refractivity contribution in [3.63, 3.8) is 0 Å². The Bertz CT molecular complexity index is 656. The topological polar surface area (TPSA) is 73.5 Å². The van der Waals surface area contributed by atoms with E-state index < -0.39 is 0 Å². The van der Waals surface area contributed by atoms with Gasteiger partial charge in [-0.25, -0.2) is 4.79 Å². The second-order valence-electron chi connectivity index (χ2n) is 4.95. The lowest BCUT2D eigenvalue weighted by Crippen LogP contribution is -2.27. The van der Waals surface area contributed by atoms with Gasteiger partial charge in [0.2, 0.25) is 5.91 Å². The smallest absolute Gasteiger partial charge is 0.339 e. The van der Waals surface area contributed by atoms with Crippen LogP contribution in [-0.4, -0.2) is 23.1 Å². The lowest BCUT2D eigenvalue weighted by molar-refractivity contribution is -0.122. The standard InChI is InChI=1S/C16H20N2O4/c1-4-21-16(20)14-8-11(2)18(12(14)3)10-15(19)17-9-13-6-5-7-22-13/h5-8H,4,9-10H2,1-3H3,(H,17,19). The van der Waals surface area contributed by atoms with E-state index in [2.05, 4.69) is 5.32 Å². The van der Waals surface area contributed by atoms with Crippen LogP contribution < -0.4 is 5.32 Å². The average Bonchev–Trinajstić information content (AvgIpc) is 3.09. The third kappa shape index (κ3) is 3.58. The lowest BCUT2D eigenvalue weighted by Gasteiger charge is -2.10. The molecule has 0 spiro atoms. The van der Waals surface area contributed by atoms with Crippen LogP contribution in [0.2, 0.25) is 0 Å². The molecule has 2 aromatic rings. The van der Waals surface area contributed by atoms with Gasteiger partial charge in [0.25, 0.3) is 0 Å². The highest BCUT2D eigenvalue weighted by molar-refractivity contribution is 5.91. The molecule has 0 aliphatic rings. The minimum atomic E-state index is -0.363. The number of ether oxygens (including phenoxy) is 1. The van der Waals surface area contributed by atoms with Crippen LogP contribution in [0.3, 0.4) is 0 Å². The minimum absolute atomic E-state index is 0.145. The third-order valence-electron chi connectivity index (χ3n) is 3.41. The predicted octanol–water partition coefficient (Wildman–Crippen LogP) is 2.19. The third-order valence-corrected chi connectivity index (χ3v) is 3.41. The van der Waals surface area contributed by atoms with Crippen molar-refractivity contribution >= 4 is 11.9 Å². The largest absolute Gasteiger partial charge is 0.467 e. The number of nitrogens with one attached hydrogen (secondary N) is 1.